The van der Waals surface area contributed by atoms with Gasteiger partial charge in [-0.1, -0.05) is 35.9 Å². The maximum atomic E-state index is 14.4. The van der Waals surface area contributed by atoms with Gasteiger partial charge in [0.25, 0.3) is 0 Å². The third kappa shape index (κ3) is 3.49. The largest absolute Gasteiger partial charge is 0.466 e. The Morgan fingerprint density at radius 1 is 1.15 bits per heavy atom. The van der Waals surface area contributed by atoms with Crippen LogP contribution in [0.1, 0.15) is 24.1 Å². The van der Waals surface area contributed by atoms with Crippen molar-refractivity contribution in [3.05, 3.63) is 88.7 Å². The number of fused-ring (bicyclic) bond motifs is 4. The molecule has 0 unspecified atom stereocenters. The predicted molar refractivity (Wildman–Crippen MR) is 124 cm³/mol. The maximum absolute atomic E-state index is 14.4. The quantitative estimate of drug-likeness (QED) is 0.542. The number of carbonyl (C=O) groups is 2. The van der Waals surface area contributed by atoms with Gasteiger partial charge in [-0.15, -0.1) is 0 Å². The molecule has 0 radical (unpaired) electrons. The molecule has 2 heterocycles. The number of amides is 3. The van der Waals surface area contributed by atoms with E-state index in [-0.39, 0.29) is 5.91 Å². The highest BCUT2D eigenvalue weighted by Crippen LogP contribution is 2.49. The summed E-state index contributed by atoms with van der Waals surface area (Å²) in [5.41, 5.74) is 0.587. The molecule has 1 saturated heterocycles. The molecule has 3 aromatic carbocycles. The lowest BCUT2D eigenvalue weighted by Gasteiger charge is -2.54. The summed E-state index contributed by atoms with van der Waals surface area (Å²) in [5, 5.41) is 6.39. The van der Waals surface area contributed by atoms with Gasteiger partial charge in [-0.3, -0.25) is 9.69 Å². The number of nitrogens with one attached hydrogen (secondary N) is 2. The molecule has 2 aliphatic heterocycles. The molecule has 0 spiro atoms. The fourth-order valence-electron chi connectivity index (χ4n) is 4.59. The summed E-state index contributed by atoms with van der Waals surface area (Å²) in [5.74, 6) is -1.09. The van der Waals surface area contributed by atoms with Crippen molar-refractivity contribution in [3.63, 3.8) is 0 Å². The number of para-hydroxylation sites is 1. The number of urea groups is 1. The highest BCUT2D eigenvalue weighted by molar-refractivity contribution is 6.30. The molecule has 8 heteroatoms. The molecule has 2 bridgehead atoms. The van der Waals surface area contributed by atoms with Crippen LogP contribution in [0.3, 0.4) is 0 Å². The fraction of sp³-hybridized carbons (Fsp3) is 0.200. The second-order valence-corrected chi connectivity index (χ2v) is 8.80. The molecule has 3 aromatic rings. The number of hydrogen-bond acceptors (Lipinski definition) is 3. The van der Waals surface area contributed by atoms with E-state index in [4.69, 9.17) is 16.3 Å². The van der Waals surface area contributed by atoms with E-state index < -0.39 is 29.5 Å². The summed E-state index contributed by atoms with van der Waals surface area (Å²) < 4.78 is 20.8. The number of ether oxygens (including phenoxy) is 1. The number of rotatable bonds is 3. The minimum Gasteiger partial charge on any atom is -0.466 e. The van der Waals surface area contributed by atoms with Crippen molar-refractivity contribution < 1.29 is 18.7 Å². The van der Waals surface area contributed by atoms with Gasteiger partial charge in [-0.25, -0.2) is 9.18 Å². The average molecular weight is 466 g/mol. The number of benzene rings is 3. The van der Waals surface area contributed by atoms with Gasteiger partial charge >= 0.3 is 6.03 Å². The van der Waals surface area contributed by atoms with Crippen molar-refractivity contribution >= 4 is 34.9 Å². The fourth-order valence-corrected chi connectivity index (χ4v) is 4.72. The Kier molecular flexibility index (Phi) is 5.01. The Morgan fingerprint density at radius 3 is 2.61 bits per heavy atom. The molecule has 0 aromatic heterocycles. The van der Waals surface area contributed by atoms with Crippen LogP contribution in [-0.4, -0.2) is 17.7 Å². The lowest BCUT2D eigenvalue weighted by Crippen LogP contribution is -2.72. The van der Waals surface area contributed by atoms with Gasteiger partial charge in [0.05, 0.1) is 11.7 Å². The topological polar surface area (TPSA) is 70.7 Å². The van der Waals surface area contributed by atoms with Crippen molar-refractivity contribution in [2.45, 2.75) is 25.6 Å². The number of aryl methyl sites for hydroxylation is 1. The lowest BCUT2D eigenvalue weighted by molar-refractivity contribution is -0.131. The van der Waals surface area contributed by atoms with E-state index in [0.717, 1.165) is 0 Å². The highest BCUT2D eigenvalue weighted by atomic mass is 35.5. The van der Waals surface area contributed by atoms with E-state index in [0.29, 0.717) is 33.3 Å². The first kappa shape index (κ1) is 21.3. The number of nitrogens with zero attached hydrogens (tertiary/aromatic N) is 1. The summed E-state index contributed by atoms with van der Waals surface area (Å²) in [7, 11) is 0. The van der Waals surface area contributed by atoms with Crippen LogP contribution in [0, 0.1) is 18.7 Å². The van der Waals surface area contributed by atoms with Gasteiger partial charge in [-0.05, 0) is 61.9 Å². The van der Waals surface area contributed by atoms with Gasteiger partial charge < -0.3 is 15.4 Å². The zero-order valence-electron chi connectivity index (χ0n) is 17.9. The van der Waals surface area contributed by atoms with Crippen LogP contribution in [0.15, 0.2) is 66.7 Å². The number of anilines is 2. The number of halogens is 2. The van der Waals surface area contributed by atoms with Crippen LogP contribution in [0.4, 0.5) is 20.6 Å². The van der Waals surface area contributed by atoms with Crippen LogP contribution in [-0.2, 0) is 4.79 Å². The van der Waals surface area contributed by atoms with E-state index in [9.17, 15) is 14.0 Å². The van der Waals surface area contributed by atoms with Crippen LogP contribution >= 0.6 is 11.6 Å². The first-order valence-corrected chi connectivity index (χ1v) is 10.9. The van der Waals surface area contributed by atoms with Gasteiger partial charge in [0.15, 0.2) is 0 Å². The molecular weight excluding hydrogens is 445 g/mol. The van der Waals surface area contributed by atoms with Gasteiger partial charge in [0, 0.05) is 16.3 Å². The Balaban J connectivity index is 1.61. The Morgan fingerprint density at radius 2 is 1.88 bits per heavy atom. The van der Waals surface area contributed by atoms with Crippen LogP contribution in [0.25, 0.3) is 0 Å². The van der Waals surface area contributed by atoms with Gasteiger partial charge in [0.1, 0.15) is 17.5 Å². The van der Waals surface area contributed by atoms with Crippen molar-refractivity contribution in [1.82, 2.24) is 5.32 Å². The SMILES string of the molecule is Cc1ccc(N2C(=O)N[C@H]3c4ccccc4O[C@@]2(C)[C@@H]3C(=O)Nc2ccc(Cl)cc2)cc1F. The first-order chi connectivity index (χ1) is 15.8. The first-order valence-electron chi connectivity index (χ1n) is 10.5. The number of hydrogen-bond donors (Lipinski definition) is 2. The molecule has 2 aliphatic rings. The van der Waals surface area contributed by atoms with Crippen LogP contribution in [0.2, 0.25) is 5.02 Å². The van der Waals surface area contributed by atoms with Gasteiger partial charge in [0.2, 0.25) is 11.6 Å². The zero-order chi connectivity index (χ0) is 23.3. The predicted octanol–water partition coefficient (Wildman–Crippen LogP) is 5.42. The third-order valence-corrected chi connectivity index (χ3v) is 6.47. The summed E-state index contributed by atoms with van der Waals surface area (Å²) in [4.78, 5) is 28.2. The Labute approximate surface area is 195 Å². The molecule has 3 atom stereocenters. The van der Waals surface area contributed by atoms with Crippen molar-refractivity contribution in [1.29, 1.82) is 0 Å². The molecule has 1 fully saturated rings. The molecular formula is C25H21ClFN3O3. The van der Waals surface area contributed by atoms with E-state index >= 15 is 0 Å². The van der Waals surface area contributed by atoms with Gasteiger partial charge in [-0.2, -0.15) is 0 Å². The second kappa shape index (κ2) is 7.78. The van der Waals surface area contributed by atoms with Crippen LogP contribution in [0.5, 0.6) is 5.75 Å². The number of carbonyl (C=O) groups excluding carboxylic acids is 2. The monoisotopic (exact) mass is 465 g/mol. The summed E-state index contributed by atoms with van der Waals surface area (Å²) in [6.45, 7) is 3.32. The molecule has 6 nitrogen and oxygen atoms in total. The molecule has 33 heavy (non-hydrogen) atoms. The van der Waals surface area contributed by atoms with E-state index in [1.807, 2.05) is 18.2 Å². The summed E-state index contributed by atoms with van der Waals surface area (Å²) in [6.07, 6.45) is 0. The molecule has 2 N–H and O–H groups in total. The van der Waals surface area contributed by atoms with Crippen LogP contribution < -0.4 is 20.3 Å². The average Bonchev–Trinajstić information content (AvgIpc) is 2.77. The van der Waals surface area contributed by atoms with Crippen molar-refractivity contribution in [2.75, 3.05) is 10.2 Å². The Hall–Kier alpha value is -3.58. The molecule has 0 saturated carbocycles. The standard InChI is InChI=1S/C25H21ClFN3O3/c1-14-7-12-17(13-19(14)27)30-24(32)29-22-18-5-3-4-6-20(18)33-25(30,2)21(22)23(31)28-16-10-8-15(26)9-11-16/h3-13,21-22H,1-2H3,(H,28,31)(H,29,32)/t21-,22-,25-/m0/s1. The molecule has 3 amide bonds. The maximum Gasteiger partial charge on any atom is 0.325 e. The molecule has 0 aliphatic carbocycles. The summed E-state index contributed by atoms with van der Waals surface area (Å²) in [6, 6.07) is 17.4. The lowest BCUT2D eigenvalue weighted by atomic mass is 9.78. The van der Waals surface area contributed by atoms with E-state index in [1.165, 1.54) is 11.0 Å². The zero-order valence-corrected chi connectivity index (χ0v) is 18.7. The summed E-state index contributed by atoms with van der Waals surface area (Å²) >= 11 is 5.96. The molecule has 168 valence electrons. The van der Waals surface area contributed by atoms with E-state index in [1.54, 1.807) is 56.3 Å². The Bertz CT molecular complexity index is 1270. The highest BCUT2D eigenvalue weighted by Gasteiger charge is 2.60. The van der Waals surface area contributed by atoms with Crippen molar-refractivity contribution in [2.24, 2.45) is 5.92 Å². The van der Waals surface area contributed by atoms with E-state index in [2.05, 4.69) is 10.6 Å². The minimum atomic E-state index is -1.42. The van der Waals surface area contributed by atoms with Crippen molar-refractivity contribution in [3.8, 4) is 5.75 Å². The second-order valence-electron chi connectivity index (χ2n) is 8.36. The smallest absolute Gasteiger partial charge is 0.325 e. The third-order valence-electron chi connectivity index (χ3n) is 6.21. The minimum absolute atomic E-state index is 0.292. The molecule has 5 rings (SSSR count). The normalized spacial score (nSPS) is 23.3.